The Balaban J connectivity index is 1.71. The predicted octanol–water partition coefficient (Wildman–Crippen LogP) is 1.51. The average molecular weight is 317 g/mol. The second-order valence-corrected chi connectivity index (χ2v) is 6.31. The van der Waals surface area contributed by atoms with Gasteiger partial charge in [0.25, 0.3) is 0 Å². The lowest BCUT2D eigenvalue weighted by Gasteiger charge is -2.32. The molecule has 1 saturated heterocycles. The van der Waals surface area contributed by atoms with Crippen molar-refractivity contribution in [3.8, 4) is 0 Å². The molecule has 5 nitrogen and oxygen atoms in total. The quantitative estimate of drug-likeness (QED) is 0.836. The van der Waals surface area contributed by atoms with E-state index in [2.05, 4.69) is 34.6 Å². The van der Waals surface area contributed by atoms with Gasteiger partial charge in [-0.3, -0.25) is 14.5 Å². The Hall–Kier alpha value is -1.88. The molecule has 0 radical (unpaired) electrons. The van der Waals surface area contributed by atoms with Crippen molar-refractivity contribution in [1.82, 2.24) is 15.5 Å². The number of likely N-dealkylation sites (N-methyl/N-ethyl adjacent to an activating group) is 1. The fourth-order valence-corrected chi connectivity index (χ4v) is 2.98. The second-order valence-electron chi connectivity index (χ2n) is 6.31. The molecule has 1 atom stereocenters. The van der Waals surface area contributed by atoms with Crippen LogP contribution >= 0.6 is 0 Å². The fraction of sp³-hybridized carbons (Fsp3) is 0.556. The van der Waals surface area contributed by atoms with Crippen molar-refractivity contribution in [2.24, 2.45) is 0 Å². The summed E-state index contributed by atoms with van der Waals surface area (Å²) in [5.41, 5.74) is 1.20. The number of carbonyl (C=O) groups excluding carboxylic acids is 2. The van der Waals surface area contributed by atoms with E-state index in [1.54, 1.807) is 7.05 Å². The topological polar surface area (TPSA) is 61.4 Å². The third-order valence-corrected chi connectivity index (χ3v) is 4.46. The number of rotatable bonds is 6. The maximum absolute atomic E-state index is 12.2. The minimum absolute atomic E-state index is 0.0455. The van der Waals surface area contributed by atoms with E-state index in [0.29, 0.717) is 13.0 Å². The van der Waals surface area contributed by atoms with Crippen LogP contribution in [-0.2, 0) is 9.59 Å². The lowest BCUT2D eigenvalue weighted by atomic mass is 9.97. The van der Waals surface area contributed by atoms with Crippen molar-refractivity contribution in [1.29, 1.82) is 0 Å². The smallest absolute Gasteiger partial charge is 0.233 e. The zero-order valence-corrected chi connectivity index (χ0v) is 14.0. The first kappa shape index (κ1) is 17.5. The Morgan fingerprint density at radius 1 is 1.17 bits per heavy atom. The number of hydrogen-bond acceptors (Lipinski definition) is 3. The molecule has 1 aliphatic heterocycles. The highest BCUT2D eigenvalue weighted by molar-refractivity contribution is 5.78. The molecule has 2 N–H and O–H groups in total. The molecule has 0 aromatic heterocycles. The molecule has 0 unspecified atom stereocenters. The third kappa shape index (κ3) is 5.67. The molecule has 2 rings (SSSR count). The Labute approximate surface area is 138 Å². The van der Waals surface area contributed by atoms with Gasteiger partial charge in [-0.1, -0.05) is 37.3 Å². The van der Waals surface area contributed by atoms with E-state index in [4.69, 9.17) is 0 Å². The van der Waals surface area contributed by atoms with Gasteiger partial charge in [0.1, 0.15) is 0 Å². The Morgan fingerprint density at radius 3 is 2.43 bits per heavy atom. The van der Waals surface area contributed by atoms with Gasteiger partial charge >= 0.3 is 0 Å². The Kier molecular flexibility index (Phi) is 6.59. The summed E-state index contributed by atoms with van der Waals surface area (Å²) in [4.78, 5) is 25.7. The minimum atomic E-state index is 0.0455. The van der Waals surface area contributed by atoms with E-state index in [9.17, 15) is 9.59 Å². The van der Waals surface area contributed by atoms with E-state index >= 15 is 0 Å². The molecular weight excluding hydrogens is 290 g/mol. The van der Waals surface area contributed by atoms with Gasteiger partial charge in [0, 0.05) is 32.6 Å². The van der Waals surface area contributed by atoms with Crippen molar-refractivity contribution in [2.45, 2.75) is 38.1 Å². The highest BCUT2D eigenvalue weighted by Gasteiger charge is 2.22. The number of carbonyl (C=O) groups is 2. The van der Waals surface area contributed by atoms with E-state index < -0.39 is 0 Å². The average Bonchev–Trinajstić information content (AvgIpc) is 2.57. The van der Waals surface area contributed by atoms with Gasteiger partial charge in [-0.15, -0.1) is 0 Å². The highest BCUT2D eigenvalue weighted by Crippen LogP contribution is 2.19. The summed E-state index contributed by atoms with van der Waals surface area (Å²) in [7, 11) is 1.66. The first-order valence-corrected chi connectivity index (χ1v) is 8.35. The maximum Gasteiger partial charge on any atom is 0.233 e. The summed E-state index contributed by atoms with van der Waals surface area (Å²) in [5.74, 6) is 0.389. The molecule has 0 bridgehead atoms. The van der Waals surface area contributed by atoms with Gasteiger partial charge < -0.3 is 10.6 Å². The summed E-state index contributed by atoms with van der Waals surface area (Å²) in [6.07, 6.45) is 2.33. The van der Waals surface area contributed by atoms with Crippen LogP contribution in [0.5, 0.6) is 0 Å². The number of benzene rings is 1. The summed E-state index contributed by atoms with van der Waals surface area (Å²) < 4.78 is 0. The lowest BCUT2D eigenvalue weighted by molar-refractivity contribution is -0.124. The van der Waals surface area contributed by atoms with Crippen LogP contribution in [0.15, 0.2) is 30.3 Å². The van der Waals surface area contributed by atoms with Crippen LogP contribution in [0.4, 0.5) is 0 Å². The molecule has 1 aromatic rings. The maximum atomic E-state index is 12.2. The normalized spacial score (nSPS) is 17.5. The molecule has 0 spiro atoms. The molecule has 126 valence electrons. The van der Waals surface area contributed by atoms with Crippen LogP contribution in [-0.4, -0.2) is 49.4 Å². The number of nitrogens with zero attached hydrogens (tertiary/aromatic N) is 1. The summed E-state index contributed by atoms with van der Waals surface area (Å²) in [6.45, 7) is 4.24. The van der Waals surface area contributed by atoms with E-state index in [-0.39, 0.29) is 23.8 Å². The second kappa shape index (κ2) is 8.67. The highest BCUT2D eigenvalue weighted by atomic mass is 16.2. The molecule has 1 fully saturated rings. The minimum Gasteiger partial charge on any atom is -0.358 e. The molecule has 0 saturated carbocycles. The predicted molar refractivity (Wildman–Crippen MR) is 91.1 cm³/mol. The van der Waals surface area contributed by atoms with Crippen LogP contribution in [0, 0.1) is 0 Å². The molecule has 23 heavy (non-hydrogen) atoms. The lowest BCUT2D eigenvalue weighted by Crippen LogP contribution is -2.47. The van der Waals surface area contributed by atoms with Gasteiger partial charge in [0.05, 0.1) is 6.54 Å². The van der Waals surface area contributed by atoms with Crippen LogP contribution in [0.2, 0.25) is 0 Å². The van der Waals surface area contributed by atoms with Crippen LogP contribution in [0.1, 0.15) is 37.7 Å². The largest absolute Gasteiger partial charge is 0.358 e. The zero-order chi connectivity index (χ0) is 16.7. The fourth-order valence-electron chi connectivity index (χ4n) is 2.98. The molecule has 1 aromatic carbocycles. The van der Waals surface area contributed by atoms with Gasteiger partial charge in [-0.25, -0.2) is 0 Å². The molecule has 2 amide bonds. The number of likely N-dealkylation sites (tertiary alicyclic amines) is 1. The van der Waals surface area contributed by atoms with Crippen molar-refractivity contribution in [3.05, 3.63) is 35.9 Å². The molecule has 5 heteroatoms. The van der Waals surface area contributed by atoms with E-state index in [0.717, 1.165) is 25.9 Å². The first-order valence-electron chi connectivity index (χ1n) is 8.35. The standard InChI is InChI=1S/C18H27N3O2/c1-14(15-6-4-3-5-7-15)12-17(22)20-16-8-10-21(11-9-16)13-18(23)19-2/h3-7,14,16H,8-13H2,1-2H3,(H,19,23)(H,20,22)/t14-/m0/s1. The number of hydrogen-bond donors (Lipinski definition) is 2. The SMILES string of the molecule is CNC(=O)CN1CCC(NC(=O)C[C@H](C)c2ccccc2)CC1. The zero-order valence-electron chi connectivity index (χ0n) is 14.0. The summed E-state index contributed by atoms with van der Waals surface area (Å²) in [6, 6.07) is 10.4. The van der Waals surface area contributed by atoms with Gasteiger partial charge in [0.15, 0.2) is 0 Å². The summed E-state index contributed by atoms with van der Waals surface area (Å²) in [5, 5.41) is 5.78. The van der Waals surface area contributed by atoms with Crippen LogP contribution in [0.25, 0.3) is 0 Å². The first-order chi connectivity index (χ1) is 11.1. The Bertz CT molecular complexity index is 510. The molecular formula is C18H27N3O2. The third-order valence-electron chi connectivity index (χ3n) is 4.46. The van der Waals surface area contributed by atoms with Gasteiger partial charge in [-0.2, -0.15) is 0 Å². The van der Waals surface area contributed by atoms with Crippen LogP contribution < -0.4 is 10.6 Å². The van der Waals surface area contributed by atoms with Gasteiger partial charge in [-0.05, 0) is 24.3 Å². The number of nitrogens with one attached hydrogen (secondary N) is 2. The number of amides is 2. The molecule has 1 heterocycles. The van der Waals surface area contributed by atoms with E-state index in [1.807, 2.05) is 18.2 Å². The molecule has 0 aliphatic carbocycles. The summed E-state index contributed by atoms with van der Waals surface area (Å²) >= 11 is 0. The molecule has 1 aliphatic rings. The number of piperidine rings is 1. The Morgan fingerprint density at radius 2 is 1.83 bits per heavy atom. The van der Waals surface area contributed by atoms with E-state index in [1.165, 1.54) is 5.56 Å². The van der Waals surface area contributed by atoms with Crippen molar-refractivity contribution in [2.75, 3.05) is 26.7 Å². The van der Waals surface area contributed by atoms with Crippen LogP contribution in [0.3, 0.4) is 0 Å². The van der Waals surface area contributed by atoms with Crippen molar-refractivity contribution < 1.29 is 9.59 Å². The van der Waals surface area contributed by atoms with Gasteiger partial charge in [0.2, 0.25) is 11.8 Å². The van der Waals surface area contributed by atoms with Crippen molar-refractivity contribution >= 4 is 11.8 Å². The monoisotopic (exact) mass is 317 g/mol. The van der Waals surface area contributed by atoms with Crippen molar-refractivity contribution in [3.63, 3.8) is 0 Å².